The topological polar surface area (TPSA) is 401 Å². The van der Waals surface area contributed by atoms with Gasteiger partial charge in [-0.1, -0.05) is 0 Å². The Kier molecular flexibility index (Phi) is 12.3. The molecule has 4 heterocycles. The van der Waals surface area contributed by atoms with E-state index in [4.69, 9.17) is 27.8 Å². The number of hydrogen-bond acceptors (Lipinski definition) is 23. The lowest BCUT2D eigenvalue weighted by molar-refractivity contribution is -0.268. The van der Waals surface area contributed by atoms with Crippen LogP contribution < -0.4 is 20.3 Å². The van der Waals surface area contributed by atoms with Crippen LogP contribution in [0.25, 0.3) is 44.6 Å². The van der Waals surface area contributed by atoms with Crippen molar-refractivity contribution in [3.63, 3.8) is 0 Å². The number of rotatable bonds is 6. The zero-order valence-electron chi connectivity index (χ0n) is 33.4. The molecule has 10 unspecified atom stereocenters. The largest absolute Gasteiger partial charge is 0.508 e. The van der Waals surface area contributed by atoms with E-state index in [0.717, 1.165) is 48.5 Å². The quantitative estimate of drug-likeness (QED) is 0.102. The highest BCUT2D eigenvalue weighted by atomic mass is 16.7. The maximum atomic E-state index is 13.2. The Bertz CT molecular complexity index is 2890. The lowest BCUT2D eigenvalue weighted by Gasteiger charge is -2.38. The van der Waals surface area contributed by atoms with Crippen LogP contribution in [0.4, 0.5) is 0 Å². The van der Waals surface area contributed by atoms with E-state index in [-0.39, 0.29) is 39.2 Å². The maximum absolute atomic E-state index is 13.2. The predicted octanol–water partition coefficient (Wildman–Crippen LogP) is 0.683. The van der Waals surface area contributed by atoms with Crippen LogP contribution in [-0.4, -0.2) is 138 Å². The van der Waals surface area contributed by atoms with Crippen molar-refractivity contribution < 1.29 is 104 Å². The van der Waals surface area contributed by atoms with Gasteiger partial charge in [-0.15, -0.1) is 0 Å². The van der Waals surface area contributed by atoms with E-state index in [1.54, 1.807) is 0 Å². The number of phenols is 9. The standard InChI is InChI=1S/C21H20O12.C21H20O11/c1-6-14(26)17(29)18(30)21(31-6)33-20-16(28)13-9(23)4-8(22)5-12(13)32-19(20)7-2-10(24)15(27)11(25)3-7;1-7-15(26)17(28)18(29)21(30-7)32-20-16(27)14-12(25)5-9(22)6-13(14)31-19(20)8-2-3-10(23)11(24)4-8/h2-6,14,17-18,21-27,29-30H,1H3;2-7,15,17-18,21-26,28-29H,1H3. The molecule has 0 spiro atoms. The molecule has 346 valence electrons. The molecule has 0 amide bonds. The van der Waals surface area contributed by atoms with Crippen molar-refractivity contribution in [2.75, 3.05) is 0 Å². The smallest absolute Gasteiger partial charge is 0.239 e. The van der Waals surface area contributed by atoms with Crippen LogP contribution in [0.2, 0.25) is 0 Å². The van der Waals surface area contributed by atoms with Crippen molar-refractivity contribution in [1.29, 1.82) is 0 Å². The minimum Gasteiger partial charge on any atom is -0.508 e. The van der Waals surface area contributed by atoms with Crippen LogP contribution in [0, 0.1) is 0 Å². The van der Waals surface area contributed by atoms with Crippen LogP contribution >= 0.6 is 0 Å². The van der Waals surface area contributed by atoms with Crippen molar-refractivity contribution in [1.82, 2.24) is 0 Å². The third-order valence-corrected chi connectivity index (χ3v) is 10.5. The number of benzene rings is 4. The van der Waals surface area contributed by atoms with Crippen molar-refractivity contribution in [2.24, 2.45) is 0 Å². The summed E-state index contributed by atoms with van der Waals surface area (Å²) in [5.41, 5.74) is -2.50. The van der Waals surface area contributed by atoms with Gasteiger partial charge in [-0.3, -0.25) is 9.59 Å². The van der Waals surface area contributed by atoms with Gasteiger partial charge in [0.2, 0.25) is 34.9 Å². The second kappa shape index (κ2) is 17.4. The molecule has 23 heteroatoms. The Labute approximate surface area is 362 Å². The maximum Gasteiger partial charge on any atom is 0.239 e. The summed E-state index contributed by atoms with van der Waals surface area (Å²) in [6, 6.07) is 9.30. The van der Waals surface area contributed by atoms with Gasteiger partial charge in [0.25, 0.3) is 0 Å². The Morgan fingerprint density at radius 1 is 0.446 bits per heavy atom. The van der Waals surface area contributed by atoms with E-state index in [9.17, 15) is 86.2 Å². The molecule has 15 N–H and O–H groups in total. The first-order chi connectivity index (χ1) is 30.6. The summed E-state index contributed by atoms with van der Waals surface area (Å²) in [6.07, 6.45) is -14.9. The molecule has 10 atom stereocenters. The van der Waals surface area contributed by atoms with E-state index in [1.165, 1.54) is 19.9 Å². The molecule has 2 fully saturated rings. The number of phenolic OH excluding ortho intramolecular Hbond substituents is 9. The highest BCUT2D eigenvalue weighted by molar-refractivity contribution is 5.89. The van der Waals surface area contributed by atoms with Crippen LogP contribution in [0.5, 0.6) is 63.2 Å². The van der Waals surface area contributed by atoms with E-state index in [2.05, 4.69) is 0 Å². The fourth-order valence-corrected chi connectivity index (χ4v) is 6.98. The van der Waals surface area contributed by atoms with E-state index in [1.807, 2.05) is 0 Å². The second-order valence-electron chi connectivity index (χ2n) is 15.0. The summed E-state index contributed by atoms with van der Waals surface area (Å²) in [5.74, 6) is -7.35. The second-order valence-corrected chi connectivity index (χ2v) is 15.0. The van der Waals surface area contributed by atoms with Crippen molar-refractivity contribution >= 4 is 21.9 Å². The summed E-state index contributed by atoms with van der Waals surface area (Å²) in [4.78, 5) is 26.5. The first kappa shape index (κ1) is 45.8. The monoisotopic (exact) mass is 912 g/mol. The van der Waals surface area contributed by atoms with Gasteiger partial charge in [0.15, 0.2) is 40.3 Å². The molecule has 0 saturated carbocycles. The van der Waals surface area contributed by atoms with Crippen molar-refractivity contribution in [3.8, 4) is 85.9 Å². The zero-order chi connectivity index (χ0) is 47.5. The van der Waals surface area contributed by atoms with Gasteiger partial charge in [0.1, 0.15) is 81.6 Å². The van der Waals surface area contributed by atoms with E-state index < -0.39 is 141 Å². The molecule has 23 nitrogen and oxygen atoms in total. The molecule has 0 bridgehead atoms. The molecule has 0 radical (unpaired) electrons. The average Bonchev–Trinajstić information content (AvgIpc) is 3.24. The molecular weight excluding hydrogens is 872 g/mol. The molecule has 4 aromatic carbocycles. The first-order valence-corrected chi connectivity index (χ1v) is 19.1. The van der Waals surface area contributed by atoms with Crippen LogP contribution in [0.3, 0.4) is 0 Å². The summed E-state index contributed by atoms with van der Waals surface area (Å²) in [5, 5.41) is 148. The van der Waals surface area contributed by atoms with Gasteiger partial charge < -0.3 is 104 Å². The van der Waals surface area contributed by atoms with Crippen LogP contribution in [0.15, 0.2) is 73.0 Å². The summed E-state index contributed by atoms with van der Waals surface area (Å²) >= 11 is 0. The normalized spacial score (nSPS) is 25.5. The SMILES string of the molecule is CC1OC(Oc2c(-c3cc(O)c(O)c(O)c3)oc3cc(O)cc(O)c3c2=O)C(O)C(O)C1O.CC1OC(Oc2c(-c3ccc(O)c(O)c3)oc3cc(O)cc(O)c3c2=O)C(O)C(O)C1O. The molecule has 2 saturated heterocycles. The molecule has 2 aromatic heterocycles. The first-order valence-electron chi connectivity index (χ1n) is 19.1. The zero-order valence-corrected chi connectivity index (χ0v) is 33.4. The molecule has 6 aromatic rings. The highest BCUT2D eigenvalue weighted by Gasteiger charge is 2.45. The third-order valence-electron chi connectivity index (χ3n) is 10.5. The van der Waals surface area contributed by atoms with Gasteiger partial charge >= 0.3 is 0 Å². The van der Waals surface area contributed by atoms with E-state index in [0.29, 0.717) is 0 Å². The number of aliphatic hydroxyl groups is 6. The van der Waals surface area contributed by atoms with Gasteiger partial charge in [-0.05, 0) is 44.2 Å². The fourth-order valence-electron chi connectivity index (χ4n) is 6.98. The lowest BCUT2D eigenvalue weighted by Crippen LogP contribution is -2.58. The fraction of sp³-hybridized carbons (Fsp3) is 0.286. The Morgan fingerprint density at radius 2 is 0.846 bits per heavy atom. The Hall–Kier alpha value is -7.22. The molecular formula is C42H40O23. The lowest BCUT2D eigenvalue weighted by atomic mass is 10.00. The van der Waals surface area contributed by atoms with Gasteiger partial charge in [-0.2, -0.15) is 0 Å². The van der Waals surface area contributed by atoms with E-state index >= 15 is 0 Å². The number of aliphatic hydroxyl groups excluding tert-OH is 6. The minimum absolute atomic E-state index is 0.0658. The van der Waals surface area contributed by atoms with Gasteiger partial charge in [0, 0.05) is 35.4 Å². The van der Waals surface area contributed by atoms with Gasteiger partial charge in [0.05, 0.1) is 12.2 Å². The van der Waals surface area contributed by atoms with Crippen molar-refractivity contribution in [2.45, 2.75) is 75.3 Å². The van der Waals surface area contributed by atoms with Crippen LogP contribution in [-0.2, 0) is 9.47 Å². The highest BCUT2D eigenvalue weighted by Crippen LogP contribution is 2.44. The Balaban J connectivity index is 0.000000194. The summed E-state index contributed by atoms with van der Waals surface area (Å²) < 4.78 is 33.1. The molecule has 2 aliphatic rings. The molecule has 65 heavy (non-hydrogen) atoms. The molecule has 0 aliphatic carbocycles. The van der Waals surface area contributed by atoms with Gasteiger partial charge in [-0.25, -0.2) is 0 Å². The average molecular weight is 913 g/mol. The summed E-state index contributed by atoms with van der Waals surface area (Å²) in [6.45, 7) is 2.82. The number of fused-ring (bicyclic) bond motifs is 2. The minimum atomic E-state index is -1.80. The Morgan fingerprint density at radius 3 is 1.26 bits per heavy atom. The molecule has 2 aliphatic heterocycles. The number of hydrogen-bond donors (Lipinski definition) is 15. The summed E-state index contributed by atoms with van der Waals surface area (Å²) in [7, 11) is 0. The number of aromatic hydroxyl groups is 9. The van der Waals surface area contributed by atoms with Crippen molar-refractivity contribution in [3.05, 3.63) is 75.0 Å². The molecule has 8 rings (SSSR count). The predicted molar refractivity (Wildman–Crippen MR) is 217 cm³/mol. The third kappa shape index (κ3) is 8.48. The number of ether oxygens (including phenoxy) is 4. The van der Waals surface area contributed by atoms with Crippen LogP contribution in [0.1, 0.15) is 13.8 Å².